The van der Waals surface area contributed by atoms with E-state index >= 15 is 0 Å². The lowest BCUT2D eigenvalue weighted by molar-refractivity contribution is -0.122. The second kappa shape index (κ2) is 8.65. The standard InChI is InChI=1S/C31H20BrClN2O3/c32-20-11-8-18(9-12-20)29(36)28-27-26(25-14-10-19-16-21(33)13-15-23(19)34(25)28)30(37)35(31(27)38)24-7-3-5-17-4-1-2-6-22(17)24/h1-16,25-28H/t25-,26-,27-,28+/m0/s1. The molecule has 0 aliphatic carbocycles. The lowest BCUT2D eigenvalue weighted by atomic mass is 9.86. The van der Waals surface area contributed by atoms with Gasteiger partial charge in [-0.25, -0.2) is 4.90 Å². The molecule has 4 aromatic rings. The summed E-state index contributed by atoms with van der Waals surface area (Å²) in [6, 6.07) is 24.6. The van der Waals surface area contributed by atoms with Gasteiger partial charge in [-0.2, -0.15) is 0 Å². The molecule has 7 rings (SSSR count). The van der Waals surface area contributed by atoms with E-state index in [1.165, 1.54) is 4.90 Å². The van der Waals surface area contributed by atoms with Crippen LogP contribution in [0.3, 0.4) is 0 Å². The fourth-order valence-corrected chi connectivity index (χ4v) is 6.71. The number of carbonyl (C=O) groups is 3. The molecule has 3 aliphatic rings. The summed E-state index contributed by atoms with van der Waals surface area (Å²) in [5, 5.41) is 2.34. The van der Waals surface area contributed by atoms with Gasteiger partial charge < -0.3 is 4.90 Å². The van der Waals surface area contributed by atoms with Crippen LogP contribution in [0.15, 0.2) is 95.5 Å². The second-order valence-electron chi connectivity index (χ2n) is 9.84. The van der Waals surface area contributed by atoms with Crippen LogP contribution in [0.5, 0.6) is 0 Å². The van der Waals surface area contributed by atoms with Crippen molar-refractivity contribution in [2.75, 3.05) is 9.80 Å². The number of benzene rings is 4. The van der Waals surface area contributed by atoms with Crippen LogP contribution >= 0.6 is 27.5 Å². The first-order valence-corrected chi connectivity index (χ1v) is 13.5. The van der Waals surface area contributed by atoms with Crippen molar-refractivity contribution in [1.29, 1.82) is 0 Å². The Kier molecular flexibility index (Phi) is 5.32. The number of ketones is 1. The monoisotopic (exact) mass is 582 g/mol. The molecule has 0 aromatic heterocycles. The van der Waals surface area contributed by atoms with Gasteiger partial charge in [-0.05, 0) is 47.3 Å². The first-order valence-electron chi connectivity index (χ1n) is 12.4. The van der Waals surface area contributed by atoms with E-state index in [1.54, 1.807) is 24.3 Å². The predicted octanol–water partition coefficient (Wildman–Crippen LogP) is 6.53. The van der Waals surface area contributed by atoms with Crippen LogP contribution in [0.2, 0.25) is 5.02 Å². The van der Waals surface area contributed by atoms with E-state index in [4.69, 9.17) is 11.6 Å². The molecule has 3 aliphatic heterocycles. The highest BCUT2D eigenvalue weighted by atomic mass is 79.9. The van der Waals surface area contributed by atoms with Gasteiger partial charge in [-0.1, -0.05) is 88.2 Å². The van der Waals surface area contributed by atoms with Gasteiger partial charge in [0.2, 0.25) is 11.8 Å². The van der Waals surface area contributed by atoms with Crippen LogP contribution in [-0.2, 0) is 9.59 Å². The van der Waals surface area contributed by atoms with E-state index in [-0.39, 0.29) is 17.6 Å². The van der Waals surface area contributed by atoms with Crippen molar-refractivity contribution in [3.8, 4) is 0 Å². The highest BCUT2D eigenvalue weighted by molar-refractivity contribution is 9.10. The number of nitrogens with zero attached hydrogens (tertiary/aromatic N) is 2. The largest absolute Gasteiger partial charge is 0.352 e. The van der Waals surface area contributed by atoms with Gasteiger partial charge in [0.1, 0.15) is 6.04 Å². The van der Waals surface area contributed by atoms with E-state index in [1.807, 2.05) is 77.7 Å². The molecule has 0 radical (unpaired) electrons. The summed E-state index contributed by atoms with van der Waals surface area (Å²) in [6.45, 7) is 0. The summed E-state index contributed by atoms with van der Waals surface area (Å²) in [7, 11) is 0. The molecule has 4 aromatic carbocycles. The Labute approximate surface area is 232 Å². The highest BCUT2D eigenvalue weighted by Crippen LogP contribution is 2.50. The Hall–Kier alpha value is -3.74. The van der Waals surface area contributed by atoms with E-state index < -0.39 is 23.9 Å². The summed E-state index contributed by atoms with van der Waals surface area (Å²) < 4.78 is 0.853. The maximum atomic E-state index is 14.2. The SMILES string of the molecule is O=C(c1ccc(Br)cc1)[C@H]1[C@H]2C(=O)N(c3cccc4ccccc34)C(=O)[C@H]2[C@@H]2C=Cc3cc(Cl)ccc3N21. The minimum Gasteiger partial charge on any atom is -0.352 e. The fraction of sp³-hybridized carbons (Fsp3) is 0.129. The Morgan fingerprint density at radius 2 is 1.55 bits per heavy atom. The molecule has 2 fully saturated rings. The molecule has 186 valence electrons. The van der Waals surface area contributed by atoms with Crippen molar-refractivity contribution in [1.82, 2.24) is 0 Å². The van der Waals surface area contributed by atoms with Gasteiger partial charge >= 0.3 is 0 Å². The number of Topliss-reactive ketones (excluding diaryl/α,β-unsaturated/α-hetero) is 1. The molecule has 2 saturated heterocycles. The van der Waals surface area contributed by atoms with Crippen LogP contribution in [0.1, 0.15) is 15.9 Å². The Morgan fingerprint density at radius 1 is 0.816 bits per heavy atom. The molecule has 0 saturated carbocycles. The first kappa shape index (κ1) is 23.4. The number of amides is 2. The van der Waals surface area contributed by atoms with Gasteiger partial charge in [0.15, 0.2) is 5.78 Å². The molecular formula is C31H20BrClN2O3. The first-order chi connectivity index (χ1) is 18.4. The topological polar surface area (TPSA) is 57.7 Å². The second-order valence-corrected chi connectivity index (χ2v) is 11.2. The number of carbonyl (C=O) groups excluding carboxylic acids is 3. The zero-order chi connectivity index (χ0) is 26.1. The van der Waals surface area contributed by atoms with Gasteiger partial charge in [0.25, 0.3) is 0 Å². The average molecular weight is 584 g/mol. The van der Waals surface area contributed by atoms with E-state index in [9.17, 15) is 14.4 Å². The molecule has 0 bridgehead atoms. The van der Waals surface area contributed by atoms with Gasteiger partial charge in [-0.15, -0.1) is 0 Å². The maximum Gasteiger partial charge on any atom is 0.240 e. The molecule has 2 amide bonds. The zero-order valence-electron chi connectivity index (χ0n) is 19.9. The van der Waals surface area contributed by atoms with Crippen molar-refractivity contribution in [3.63, 3.8) is 0 Å². The molecule has 0 spiro atoms. The van der Waals surface area contributed by atoms with Crippen molar-refractivity contribution in [2.45, 2.75) is 12.1 Å². The van der Waals surface area contributed by atoms with E-state index in [0.29, 0.717) is 16.3 Å². The van der Waals surface area contributed by atoms with Crippen molar-refractivity contribution in [2.24, 2.45) is 11.8 Å². The van der Waals surface area contributed by atoms with Gasteiger partial charge in [0.05, 0.1) is 23.6 Å². The third-order valence-electron chi connectivity index (χ3n) is 7.87. The zero-order valence-corrected chi connectivity index (χ0v) is 22.3. The van der Waals surface area contributed by atoms with Crippen LogP contribution in [0.4, 0.5) is 11.4 Å². The summed E-state index contributed by atoms with van der Waals surface area (Å²) in [6.07, 6.45) is 3.87. The third-order valence-corrected chi connectivity index (χ3v) is 8.64. The summed E-state index contributed by atoms with van der Waals surface area (Å²) >= 11 is 9.70. The van der Waals surface area contributed by atoms with Crippen LogP contribution in [0.25, 0.3) is 16.8 Å². The molecule has 0 N–H and O–H groups in total. The van der Waals surface area contributed by atoms with Gasteiger partial charge in [0, 0.05) is 26.1 Å². The Morgan fingerprint density at radius 3 is 2.37 bits per heavy atom. The average Bonchev–Trinajstić information content (AvgIpc) is 3.40. The van der Waals surface area contributed by atoms with E-state index in [2.05, 4.69) is 15.9 Å². The maximum absolute atomic E-state index is 14.2. The number of hydrogen-bond acceptors (Lipinski definition) is 4. The van der Waals surface area contributed by atoms with Crippen LogP contribution in [0, 0.1) is 11.8 Å². The molecule has 5 nitrogen and oxygen atoms in total. The lowest BCUT2D eigenvalue weighted by Gasteiger charge is -2.36. The molecule has 4 atom stereocenters. The normalized spacial score (nSPS) is 23.5. The summed E-state index contributed by atoms with van der Waals surface area (Å²) in [5.41, 5.74) is 2.70. The molecule has 3 heterocycles. The van der Waals surface area contributed by atoms with Crippen LogP contribution in [-0.4, -0.2) is 29.7 Å². The molecule has 7 heteroatoms. The number of hydrogen-bond donors (Lipinski definition) is 0. The predicted molar refractivity (Wildman–Crippen MR) is 152 cm³/mol. The molecule has 0 unspecified atom stereocenters. The minimum absolute atomic E-state index is 0.188. The fourth-order valence-electron chi connectivity index (χ4n) is 6.27. The highest BCUT2D eigenvalue weighted by Gasteiger charge is 2.64. The third kappa shape index (κ3) is 3.33. The number of rotatable bonds is 3. The smallest absolute Gasteiger partial charge is 0.240 e. The van der Waals surface area contributed by atoms with Crippen molar-refractivity contribution >= 4 is 73.4 Å². The minimum atomic E-state index is -0.840. The molecular weight excluding hydrogens is 564 g/mol. The molecule has 38 heavy (non-hydrogen) atoms. The van der Waals surface area contributed by atoms with Crippen molar-refractivity contribution in [3.05, 3.63) is 112 Å². The lowest BCUT2D eigenvalue weighted by Crippen LogP contribution is -2.48. The number of imide groups is 1. The number of fused-ring (bicyclic) bond motifs is 6. The van der Waals surface area contributed by atoms with E-state index in [0.717, 1.165) is 26.5 Å². The Bertz CT molecular complexity index is 1690. The summed E-state index contributed by atoms with van der Waals surface area (Å²) in [5.74, 6) is -2.32. The summed E-state index contributed by atoms with van der Waals surface area (Å²) in [4.78, 5) is 45.8. The Balaban J connectivity index is 1.39. The number of halogens is 2. The van der Waals surface area contributed by atoms with Crippen LogP contribution < -0.4 is 9.80 Å². The quantitative estimate of drug-likeness (QED) is 0.203. The van der Waals surface area contributed by atoms with Crippen molar-refractivity contribution < 1.29 is 14.4 Å². The van der Waals surface area contributed by atoms with Gasteiger partial charge in [-0.3, -0.25) is 14.4 Å². The number of anilines is 2.